The van der Waals surface area contributed by atoms with Crippen molar-refractivity contribution in [1.29, 1.82) is 0 Å². The number of aromatic hydroxyl groups is 1. The van der Waals surface area contributed by atoms with Gasteiger partial charge in [-0.1, -0.05) is 17.7 Å². The van der Waals surface area contributed by atoms with Gasteiger partial charge in [0.05, 0.1) is 10.7 Å². The first-order chi connectivity index (χ1) is 9.04. The van der Waals surface area contributed by atoms with Crippen molar-refractivity contribution in [3.05, 3.63) is 53.3 Å². The minimum Gasteiger partial charge on any atom is -0.508 e. The lowest BCUT2D eigenvalue weighted by atomic mass is 10.3. The number of phenols is 1. The molecule has 0 aliphatic carbocycles. The molecule has 0 heterocycles. The van der Waals surface area contributed by atoms with Gasteiger partial charge < -0.3 is 15.7 Å². The van der Waals surface area contributed by atoms with Crippen LogP contribution in [0.1, 0.15) is 0 Å². The average Bonchev–Trinajstić information content (AvgIpc) is 2.33. The lowest BCUT2D eigenvalue weighted by Crippen LogP contribution is -2.19. The summed E-state index contributed by atoms with van der Waals surface area (Å²) in [5, 5.41) is 14.3. The van der Waals surface area contributed by atoms with Crippen LogP contribution in [-0.4, -0.2) is 11.1 Å². The largest absolute Gasteiger partial charge is 0.508 e. The number of carbonyl (C=O) groups excluding carboxylic acids is 1. The molecule has 0 saturated carbocycles. The Morgan fingerprint density at radius 2 is 1.95 bits per heavy atom. The molecule has 3 N–H and O–H groups in total. The monoisotopic (exact) mass is 280 g/mol. The van der Waals surface area contributed by atoms with Crippen LogP contribution in [0.2, 0.25) is 5.02 Å². The maximum atomic E-state index is 12.9. The molecule has 98 valence electrons. The summed E-state index contributed by atoms with van der Waals surface area (Å²) in [7, 11) is 0. The summed E-state index contributed by atoms with van der Waals surface area (Å²) >= 11 is 5.84. The SMILES string of the molecule is O=C(Nc1cccc(F)c1)Nc1ccc(O)cc1Cl. The third kappa shape index (κ3) is 3.59. The smallest absolute Gasteiger partial charge is 0.323 e. The molecule has 2 aromatic carbocycles. The molecular weight excluding hydrogens is 271 g/mol. The lowest BCUT2D eigenvalue weighted by molar-refractivity contribution is 0.262. The molecule has 0 saturated heterocycles. The van der Waals surface area contributed by atoms with Gasteiger partial charge in [0.1, 0.15) is 11.6 Å². The molecule has 6 heteroatoms. The number of benzene rings is 2. The van der Waals surface area contributed by atoms with Gasteiger partial charge in [-0.3, -0.25) is 0 Å². The van der Waals surface area contributed by atoms with Crippen LogP contribution in [0.15, 0.2) is 42.5 Å². The molecule has 2 rings (SSSR count). The molecule has 0 aliphatic rings. The predicted octanol–water partition coefficient (Wildman–Crippen LogP) is 3.83. The van der Waals surface area contributed by atoms with Crippen molar-refractivity contribution in [2.75, 3.05) is 10.6 Å². The Hall–Kier alpha value is -2.27. The van der Waals surface area contributed by atoms with Crippen molar-refractivity contribution < 1.29 is 14.3 Å². The van der Waals surface area contributed by atoms with Gasteiger partial charge in [0.25, 0.3) is 0 Å². The molecule has 2 aromatic rings. The third-order valence-electron chi connectivity index (χ3n) is 2.28. The van der Waals surface area contributed by atoms with Gasteiger partial charge in [0, 0.05) is 11.8 Å². The van der Waals surface area contributed by atoms with Gasteiger partial charge in [-0.15, -0.1) is 0 Å². The summed E-state index contributed by atoms with van der Waals surface area (Å²) in [6, 6.07) is 9.11. The Labute approximate surface area is 113 Å². The highest BCUT2D eigenvalue weighted by atomic mass is 35.5. The fourth-order valence-corrected chi connectivity index (χ4v) is 1.68. The minimum absolute atomic E-state index is 0.00101. The Balaban J connectivity index is 2.05. The van der Waals surface area contributed by atoms with Gasteiger partial charge in [-0.25, -0.2) is 9.18 Å². The van der Waals surface area contributed by atoms with E-state index in [9.17, 15) is 14.3 Å². The Bertz CT molecular complexity index is 619. The fraction of sp³-hybridized carbons (Fsp3) is 0. The normalized spacial score (nSPS) is 10.0. The second kappa shape index (κ2) is 5.58. The van der Waals surface area contributed by atoms with Crippen molar-refractivity contribution in [1.82, 2.24) is 0 Å². The highest BCUT2D eigenvalue weighted by molar-refractivity contribution is 6.34. The number of carbonyl (C=O) groups is 1. The Morgan fingerprint density at radius 3 is 2.63 bits per heavy atom. The second-order valence-corrected chi connectivity index (χ2v) is 4.16. The van der Waals surface area contributed by atoms with Crippen molar-refractivity contribution in [3.8, 4) is 5.75 Å². The molecule has 2 amide bonds. The molecule has 4 nitrogen and oxygen atoms in total. The zero-order chi connectivity index (χ0) is 13.8. The molecule has 0 radical (unpaired) electrons. The summed E-state index contributed by atoms with van der Waals surface area (Å²) in [5.74, 6) is -0.443. The van der Waals surface area contributed by atoms with E-state index >= 15 is 0 Å². The molecule has 0 unspecified atom stereocenters. The van der Waals surface area contributed by atoms with E-state index in [1.54, 1.807) is 6.07 Å². The van der Waals surface area contributed by atoms with E-state index in [0.717, 1.165) is 0 Å². The first-order valence-corrected chi connectivity index (χ1v) is 5.74. The maximum Gasteiger partial charge on any atom is 0.323 e. The van der Waals surface area contributed by atoms with Crippen LogP contribution >= 0.6 is 11.6 Å². The highest BCUT2D eigenvalue weighted by Crippen LogP contribution is 2.26. The number of phenolic OH excluding ortho intramolecular Hbond substituents is 1. The number of rotatable bonds is 2. The first-order valence-electron chi connectivity index (χ1n) is 5.37. The third-order valence-corrected chi connectivity index (χ3v) is 2.60. The Morgan fingerprint density at radius 1 is 1.16 bits per heavy atom. The molecule has 0 fully saturated rings. The zero-order valence-electron chi connectivity index (χ0n) is 9.65. The van der Waals surface area contributed by atoms with Gasteiger partial charge in [0.15, 0.2) is 0 Å². The van der Waals surface area contributed by atoms with E-state index in [2.05, 4.69) is 10.6 Å². The van der Waals surface area contributed by atoms with Crippen LogP contribution in [0.4, 0.5) is 20.6 Å². The summed E-state index contributed by atoms with van der Waals surface area (Å²) in [5.41, 5.74) is 0.667. The second-order valence-electron chi connectivity index (χ2n) is 3.75. The zero-order valence-corrected chi connectivity index (χ0v) is 10.4. The number of hydrogen-bond donors (Lipinski definition) is 3. The van der Waals surface area contributed by atoms with E-state index in [4.69, 9.17) is 11.6 Å². The number of nitrogens with one attached hydrogen (secondary N) is 2. The van der Waals surface area contributed by atoms with E-state index in [0.29, 0.717) is 11.4 Å². The number of amides is 2. The molecule has 0 atom stereocenters. The van der Waals surface area contributed by atoms with E-state index in [1.165, 1.54) is 36.4 Å². The van der Waals surface area contributed by atoms with E-state index < -0.39 is 11.8 Å². The number of halogens is 2. The van der Waals surface area contributed by atoms with Crippen LogP contribution in [0.3, 0.4) is 0 Å². The summed E-state index contributed by atoms with van der Waals surface area (Å²) in [4.78, 5) is 11.7. The van der Waals surface area contributed by atoms with Gasteiger partial charge in [-0.05, 0) is 30.3 Å². The maximum absolute atomic E-state index is 12.9. The van der Waals surface area contributed by atoms with Gasteiger partial charge >= 0.3 is 6.03 Å². The predicted molar refractivity (Wildman–Crippen MR) is 72.2 cm³/mol. The van der Waals surface area contributed by atoms with Crippen LogP contribution in [0.25, 0.3) is 0 Å². The van der Waals surface area contributed by atoms with Gasteiger partial charge in [0.2, 0.25) is 0 Å². The molecule has 0 aromatic heterocycles. The molecule has 0 spiro atoms. The number of anilines is 2. The van der Waals surface area contributed by atoms with E-state index in [-0.39, 0.29) is 10.8 Å². The standard InChI is InChI=1S/C13H10ClFN2O2/c14-11-7-10(18)4-5-12(11)17-13(19)16-9-3-1-2-8(15)6-9/h1-7,18H,(H2,16,17,19). The molecule has 0 aliphatic heterocycles. The average molecular weight is 281 g/mol. The number of urea groups is 1. The number of hydrogen-bond acceptors (Lipinski definition) is 2. The summed E-state index contributed by atoms with van der Waals surface area (Å²) < 4.78 is 12.9. The lowest BCUT2D eigenvalue weighted by Gasteiger charge is -2.09. The summed E-state index contributed by atoms with van der Waals surface area (Å²) in [6.45, 7) is 0. The minimum atomic E-state index is -0.557. The van der Waals surface area contributed by atoms with Crippen molar-refractivity contribution >= 4 is 29.0 Å². The van der Waals surface area contributed by atoms with Crippen LogP contribution in [-0.2, 0) is 0 Å². The molecule has 0 bridgehead atoms. The topological polar surface area (TPSA) is 61.4 Å². The summed E-state index contributed by atoms with van der Waals surface area (Å²) in [6.07, 6.45) is 0. The Kier molecular flexibility index (Phi) is 3.87. The van der Waals surface area contributed by atoms with Gasteiger partial charge in [-0.2, -0.15) is 0 Å². The first kappa shape index (κ1) is 13.2. The molecular formula is C13H10ClFN2O2. The quantitative estimate of drug-likeness (QED) is 0.732. The van der Waals surface area contributed by atoms with Crippen molar-refractivity contribution in [3.63, 3.8) is 0 Å². The van der Waals surface area contributed by atoms with Crippen molar-refractivity contribution in [2.45, 2.75) is 0 Å². The van der Waals surface area contributed by atoms with Crippen LogP contribution in [0, 0.1) is 5.82 Å². The van der Waals surface area contributed by atoms with Crippen LogP contribution < -0.4 is 10.6 Å². The van der Waals surface area contributed by atoms with E-state index in [1.807, 2.05) is 0 Å². The molecule has 19 heavy (non-hydrogen) atoms. The van der Waals surface area contributed by atoms with Crippen molar-refractivity contribution in [2.24, 2.45) is 0 Å². The fourth-order valence-electron chi connectivity index (χ4n) is 1.46. The highest BCUT2D eigenvalue weighted by Gasteiger charge is 2.07. The van der Waals surface area contributed by atoms with Crippen LogP contribution in [0.5, 0.6) is 5.75 Å².